The zero-order valence-corrected chi connectivity index (χ0v) is 13.0. The van der Waals surface area contributed by atoms with Crippen LogP contribution in [-0.2, 0) is 6.42 Å². The Balaban J connectivity index is 2.07. The van der Waals surface area contributed by atoms with Gasteiger partial charge < -0.3 is 14.8 Å². The van der Waals surface area contributed by atoms with E-state index in [1.165, 1.54) is 4.88 Å². The van der Waals surface area contributed by atoms with E-state index in [0.29, 0.717) is 6.61 Å². The van der Waals surface area contributed by atoms with Gasteiger partial charge in [-0.1, -0.05) is 12.1 Å². The maximum absolute atomic E-state index is 5.96. The Kier molecular flexibility index (Phi) is 5.44. The first-order chi connectivity index (χ1) is 9.74. The second-order valence-corrected chi connectivity index (χ2v) is 5.62. The van der Waals surface area contributed by atoms with Crippen molar-refractivity contribution in [3.8, 4) is 11.5 Å². The van der Waals surface area contributed by atoms with Gasteiger partial charge in [-0.25, -0.2) is 0 Å². The maximum atomic E-state index is 5.96. The average molecular weight is 291 g/mol. The summed E-state index contributed by atoms with van der Waals surface area (Å²) < 4.78 is 11.2. The van der Waals surface area contributed by atoms with Crippen LogP contribution in [0.2, 0.25) is 0 Å². The summed E-state index contributed by atoms with van der Waals surface area (Å²) in [6, 6.07) is 10.4. The third-order valence-electron chi connectivity index (χ3n) is 3.31. The minimum atomic E-state index is 0.248. The SMILES string of the molecule is CNC(C)c1ccc(OC)cc1OCCc1cccs1. The predicted octanol–water partition coefficient (Wildman–Crippen LogP) is 3.66. The average Bonchev–Trinajstić information content (AvgIpc) is 2.99. The molecule has 1 aromatic heterocycles. The van der Waals surface area contributed by atoms with E-state index in [1.807, 2.05) is 19.2 Å². The summed E-state index contributed by atoms with van der Waals surface area (Å²) in [6.45, 7) is 2.80. The minimum Gasteiger partial charge on any atom is -0.497 e. The van der Waals surface area contributed by atoms with Crippen LogP contribution in [0.4, 0.5) is 0 Å². The number of hydrogen-bond acceptors (Lipinski definition) is 4. The van der Waals surface area contributed by atoms with Crippen molar-refractivity contribution in [3.63, 3.8) is 0 Å². The predicted molar refractivity (Wildman–Crippen MR) is 84.0 cm³/mol. The van der Waals surface area contributed by atoms with E-state index in [1.54, 1.807) is 18.4 Å². The number of ether oxygens (including phenoxy) is 2. The molecule has 0 radical (unpaired) electrons. The Bertz CT molecular complexity index is 525. The first-order valence-electron chi connectivity index (χ1n) is 6.75. The molecule has 0 spiro atoms. The van der Waals surface area contributed by atoms with Crippen LogP contribution in [0.1, 0.15) is 23.4 Å². The topological polar surface area (TPSA) is 30.5 Å². The molecule has 108 valence electrons. The molecule has 0 amide bonds. The van der Waals surface area contributed by atoms with Crippen LogP contribution in [0.15, 0.2) is 35.7 Å². The van der Waals surface area contributed by atoms with Gasteiger partial charge in [-0.2, -0.15) is 0 Å². The molecule has 1 aromatic carbocycles. The van der Waals surface area contributed by atoms with Crippen molar-refractivity contribution in [3.05, 3.63) is 46.2 Å². The third kappa shape index (κ3) is 3.74. The molecule has 0 aliphatic carbocycles. The standard InChI is InChI=1S/C16H21NO2S/c1-12(17-2)15-7-6-13(18-3)11-16(15)19-9-8-14-5-4-10-20-14/h4-7,10-12,17H,8-9H2,1-3H3. The monoisotopic (exact) mass is 291 g/mol. The van der Waals surface area contributed by atoms with E-state index in [9.17, 15) is 0 Å². The molecule has 1 atom stereocenters. The maximum Gasteiger partial charge on any atom is 0.127 e. The number of methoxy groups -OCH3 is 1. The van der Waals surface area contributed by atoms with Crippen molar-refractivity contribution in [2.45, 2.75) is 19.4 Å². The Morgan fingerprint density at radius 1 is 1.30 bits per heavy atom. The molecular weight excluding hydrogens is 270 g/mol. The lowest BCUT2D eigenvalue weighted by Crippen LogP contribution is -2.14. The summed E-state index contributed by atoms with van der Waals surface area (Å²) in [6.07, 6.45) is 0.933. The second kappa shape index (κ2) is 7.31. The number of thiophene rings is 1. The van der Waals surface area contributed by atoms with Crippen molar-refractivity contribution in [1.29, 1.82) is 0 Å². The van der Waals surface area contributed by atoms with Gasteiger partial charge >= 0.3 is 0 Å². The summed E-state index contributed by atoms with van der Waals surface area (Å²) in [5, 5.41) is 5.34. The van der Waals surface area contributed by atoms with Gasteiger partial charge in [-0.15, -0.1) is 11.3 Å². The second-order valence-electron chi connectivity index (χ2n) is 4.59. The summed E-state index contributed by atoms with van der Waals surface area (Å²) in [5.41, 5.74) is 1.15. The van der Waals surface area contributed by atoms with E-state index < -0.39 is 0 Å². The molecular formula is C16H21NO2S. The molecule has 0 aliphatic rings. The van der Waals surface area contributed by atoms with E-state index in [-0.39, 0.29) is 6.04 Å². The van der Waals surface area contributed by atoms with Crippen molar-refractivity contribution in [2.75, 3.05) is 20.8 Å². The van der Waals surface area contributed by atoms with Gasteiger partial charge in [0.2, 0.25) is 0 Å². The van der Waals surface area contributed by atoms with Gasteiger partial charge in [0.25, 0.3) is 0 Å². The Morgan fingerprint density at radius 3 is 2.80 bits per heavy atom. The van der Waals surface area contributed by atoms with Gasteiger partial charge in [0, 0.05) is 29.0 Å². The molecule has 3 nitrogen and oxygen atoms in total. The molecule has 0 saturated carbocycles. The van der Waals surface area contributed by atoms with Gasteiger partial charge in [-0.3, -0.25) is 0 Å². The van der Waals surface area contributed by atoms with E-state index >= 15 is 0 Å². The van der Waals surface area contributed by atoms with E-state index in [0.717, 1.165) is 23.5 Å². The molecule has 0 bridgehead atoms. The first kappa shape index (κ1) is 14.9. The van der Waals surface area contributed by atoms with Crippen LogP contribution in [0.25, 0.3) is 0 Å². The summed E-state index contributed by atoms with van der Waals surface area (Å²) >= 11 is 1.76. The van der Waals surface area contributed by atoms with Crippen molar-refractivity contribution >= 4 is 11.3 Å². The Labute approximate surface area is 124 Å². The zero-order valence-electron chi connectivity index (χ0n) is 12.2. The molecule has 0 aliphatic heterocycles. The number of nitrogens with one attached hydrogen (secondary N) is 1. The molecule has 0 fully saturated rings. The normalized spacial score (nSPS) is 12.2. The van der Waals surface area contributed by atoms with E-state index in [4.69, 9.17) is 9.47 Å². The fourth-order valence-electron chi connectivity index (χ4n) is 2.00. The van der Waals surface area contributed by atoms with Crippen molar-refractivity contribution < 1.29 is 9.47 Å². The molecule has 0 saturated heterocycles. The summed E-state index contributed by atoms with van der Waals surface area (Å²) in [4.78, 5) is 1.34. The summed E-state index contributed by atoms with van der Waals surface area (Å²) in [7, 11) is 3.62. The molecule has 1 N–H and O–H groups in total. The lowest BCUT2D eigenvalue weighted by Gasteiger charge is -2.17. The summed E-state index contributed by atoms with van der Waals surface area (Å²) in [5.74, 6) is 1.71. The molecule has 2 aromatic rings. The quantitative estimate of drug-likeness (QED) is 0.844. The van der Waals surface area contributed by atoms with Crippen LogP contribution in [0.3, 0.4) is 0 Å². The highest BCUT2D eigenvalue weighted by Crippen LogP contribution is 2.29. The van der Waals surface area contributed by atoms with Gasteiger partial charge in [0.1, 0.15) is 11.5 Å². The highest BCUT2D eigenvalue weighted by molar-refractivity contribution is 7.09. The largest absolute Gasteiger partial charge is 0.497 e. The number of hydrogen-bond donors (Lipinski definition) is 1. The lowest BCUT2D eigenvalue weighted by molar-refractivity contribution is 0.313. The van der Waals surface area contributed by atoms with Crippen LogP contribution in [0, 0.1) is 0 Å². The van der Waals surface area contributed by atoms with Crippen LogP contribution >= 0.6 is 11.3 Å². The van der Waals surface area contributed by atoms with Crippen LogP contribution < -0.4 is 14.8 Å². The van der Waals surface area contributed by atoms with Gasteiger partial charge in [-0.05, 0) is 31.5 Å². The molecule has 20 heavy (non-hydrogen) atoms. The first-order valence-corrected chi connectivity index (χ1v) is 7.63. The van der Waals surface area contributed by atoms with Gasteiger partial charge in [0.15, 0.2) is 0 Å². The number of rotatable bonds is 7. The highest BCUT2D eigenvalue weighted by Gasteiger charge is 2.11. The van der Waals surface area contributed by atoms with E-state index in [2.05, 4.69) is 35.8 Å². The minimum absolute atomic E-state index is 0.248. The fourth-order valence-corrected chi connectivity index (χ4v) is 2.69. The van der Waals surface area contributed by atoms with Crippen LogP contribution in [-0.4, -0.2) is 20.8 Å². The molecule has 2 rings (SSSR count). The lowest BCUT2D eigenvalue weighted by atomic mass is 10.1. The third-order valence-corrected chi connectivity index (χ3v) is 4.24. The highest BCUT2D eigenvalue weighted by atomic mass is 32.1. The molecule has 1 unspecified atom stereocenters. The molecule has 4 heteroatoms. The van der Waals surface area contributed by atoms with Crippen molar-refractivity contribution in [1.82, 2.24) is 5.32 Å². The smallest absolute Gasteiger partial charge is 0.127 e. The van der Waals surface area contributed by atoms with Crippen molar-refractivity contribution in [2.24, 2.45) is 0 Å². The fraction of sp³-hybridized carbons (Fsp3) is 0.375. The Morgan fingerprint density at radius 2 is 2.15 bits per heavy atom. The zero-order chi connectivity index (χ0) is 14.4. The Hall–Kier alpha value is -1.52. The van der Waals surface area contributed by atoms with Gasteiger partial charge in [0.05, 0.1) is 13.7 Å². The number of benzene rings is 1. The van der Waals surface area contributed by atoms with Crippen LogP contribution in [0.5, 0.6) is 11.5 Å². The molecule has 1 heterocycles.